The van der Waals surface area contributed by atoms with Crippen molar-refractivity contribution in [2.24, 2.45) is 4.99 Å². The highest BCUT2D eigenvalue weighted by atomic mass is 35.5. The van der Waals surface area contributed by atoms with Crippen LogP contribution >= 0.6 is 11.6 Å². The summed E-state index contributed by atoms with van der Waals surface area (Å²) < 4.78 is 1.70. The van der Waals surface area contributed by atoms with Gasteiger partial charge in [0.15, 0.2) is 5.82 Å². The average molecular weight is 416 g/mol. The monoisotopic (exact) mass is 415 g/mol. The topological polar surface area (TPSA) is 72.2 Å². The lowest BCUT2D eigenvalue weighted by atomic mass is 10.1. The van der Waals surface area contributed by atoms with Crippen molar-refractivity contribution in [3.8, 4) is 5.69 Å². The largest absolute Gasteiger partial charge is 0.360 e. The molecule has 30 heavy (non-hydrogen) atoms. The molecule has 1 atom stereocenters. The van der Waals surface area contributed by atoms with Crippen LogP contribution in [0.3, 0.4) is 0 Å². The van der Waals surface area contributed by atoms with E-state index in [0.29, 0.717) is 22.6 Å². The number of hydrogen-bond donors (Lipinski definition) is 1. The molecule has 0 spiro atoms. The number of aliphatic imine (C=N–C) groups is 1. The molecule has 1 aliphatic rings. The predicted octanol–water partition coefficient (Wildman–Crippen LogP) is 4.87. The second-order valence-electron chi connectivity index (χ2n) is 7.15. The second kappa shape index (κ2) is 7.39. The molecule has 0 saturated carbocycles. The van der Waals surface area contributed by atoms with E-state index in [1.54, 1.807) is 10.6 Å². The number of fused-ring (bicyclic) bond motifs is 2. The Morgan fingerprint density at radius 2 is 1.93 bits per heavy atom. The summed E-state index contributed by atoms with van der Waals surface area (Å²) >= 11 is 6.39. The molecule has 0 saturated heterocycles. The fraction of sp³-hybridized carbons (Fsp3) is 0.130. The highest BCUT2D eigenvalue weighted by Crippen LogP contribution is 2.32. The van der Waals surface area contributed by atoms with Gasteiger partial charge in [0.2, 0.25) is 0 Å². The van der Waals surface area contributed by atoms with Gasteiger partial charge in [0, 0.05) is 24.0 Å². The number of nitrogens with zero attached hydrogens (tertiary/aromatic N) is 4. The molecule has 3 heterocycles. The maximum Gasteiger partial charge on any atom is 0.264 e. The van der Waals surface area contributed by atoms with Crippen LogP contribution in [0, 0.1) is 0 Å². The van der Waals surface area contributed by atoms with Gasteiger partial charge in [0.05, 0.1) is 22.1 Å². The number of benzene rings is 2. The number of nitrogens with one attached hydrogen (secondary N) is 1. The number of rotatable bonds is 4. The molecule has 1 N–H and O–H groups in total. The molecule has 0 aliphatic carbocycles. The van der Waals surface area contributed by atoms with Crippen LogP contribution in [-0.4, -0.2) is 20.7 Å². The van der Waals surface area contributed by atoms with Gasteiger partial charge < -0.3 is 5.32 Å². The zero-order valence-electron chi connectivity index (χ0n) is 16.2. The Morgan fingerprint density at radius 1 is 1.10 bits per heavy atom. The van der Waals surface area contributed by atoms with Gasteiger partial charge in [-0.3, -0.25) is 14.4 Å². The first-order chi connectivity index (χ1) is 14.6. The molecular formula is C23H18ClN5O. The van der Waals surface area contributed by atoms with E-state index >= 15 is 0 Å². The number of para-hydroxylation sites is 1. The third kappa shape index (κ3) is 3.06. The van der Waals surface area contributed by atoms with Crippen molar-refractivity contribution in [1.29, 1.82) is 0 Å². The molecule has 0 unspecified atom stereocenters. The zero-order valence-corrected chi connectivity index (χ0v) is 17.0. The van der Waals surface area contributed by atoms with Gasteiger partial charge in [-0.15, -0.1) is 0 Å². The third-order valence-corrected chi connectivity index (χ3v) is 5.55. The molecule has 2 aromatic heterocycles. The van der Waals surface area contributed by atoms with Crippen LogP contribution in [0.1, 0.15) is 24.4 Å². The summed E-state index contributed by atoms with van der Waals surface area (Å²) in [5, 5.41) is 5.17. The van der Waals surface area contributed by atoms with Gasteiger partial charge in [0.25, 0.3) is 5.56 Å². The average Bonchev–Trinajstić information content (AvgIpc) is 3.24. The number of aromatic nitrogens is 3. The molecule has 0 bridgehead atoms. The van der Waals surface area contributed by atoms with Gasteiger partial charge in [-0.25, -0.2) is 9.97 Å². The lowest BCUT2D eigenvalue weighted by Gasteiger charge is -2.22. The Hall–Kier alpha value is -3.51. The Morgan fingerprint density at radius 3 is 2.77 bits per heavy atom. The first kappa shape index (κ1) is 18.5. The number of pyridine rings is 1. The summed E-state index contributed by atoms with van der Waals surface area (Å²) in [6.45, 7) is 2.00. The summed E-state index contributed by atoms with van der Waals surface area (Å²) in [5.41, 5.74) is 3.07. The normalized spacial score (nSPS) is 13.4. The van der Waals surface area contributed by atoms with Crippen LogP contribution in [-0.2, 0) is 6.42 Å². The Bertz CT molecular complexity index is 1350. The molecule has 2 aromatic carbocycles. The molecule has 0 radical (unpaired) electrons. The lowest BCUT2D eigenvalue weighted by molar-refractivity contribution is 0.772. The van der Waals surface area contributed by atoms with E-state index in [1.165, 1.54) is 6.33 Å². The van der Waals surface area contributed by atoms with E-state index in [9.17, 15) is 4.79 Å². The van der Waals surface area contributed by atoms with Crippen LogP contribution in [0.4, 0.5) is 11.5 Å². The fourth-order valence-corrected chi connectivity index (χ4v) is 4.07. The predicted molar refractivity (Wildman–Crippen MR) is 120 cm³/mol. The fourth-order valence-electron chi connectivity index (χ4n) is 3.81. The summed E-state index contributed by atoms with van der Waals surface area (Å²) in [7, 11) is 0. The van der Waals surface area contributed by atoms with Crippen molar-refractivity contribution in [2.45, 2.75) is 19.4 Å². The van der Waals surface area contributed by atoms with E-state index in [4.69, 9.17) is 11.6 Å². The summed E-state index contributed by atoms with van der Waals surface area (Å²) in [5.74, 6) is 0.652. The first-order valence-corrected chi connectivity index (χ1v) is 10.0. The molecule has 4 aromatic rings. The quantitative estimate of drug-likeness (QED) is 0.516. The van der Waals surface area contributed by atoms with E-state index in [-0.39, 0.29) is 11.6 Å². The van der Waals surface area contributed by atoms with Crippen LogP contribution in [0.5, 0.6) is 0 Å². The molecule has 7 heteroatoms. The van der Waals surface area contributed by atoms with Crippen molar-refractivity contribution in [2.75, 3.05) is 5.32 Å². The third-order valence-electron chi connectivity index (χ3n) is 5.24. The first-order valence-electron chi connectivity index (χ1n) is 9.66. The van der Waals surface area contributed by atoms with Crippen molar-refractivity contribution in [3.63, 3.8) is 0 Å². The zero-order chi connectivity index (χ0) is 20.7. The summed E-state index contributed by atoms with van der Waals surface area (Å²) in [4.78, 5) is 26.6. The Kier molecular flexibility index (Phi) is 4.56. The van der Waals surface area contributed by atoms with E-state index < -0.39 is 0 Å². The Balaban J connectivity index is 1.69. The van der Waals surface area contributed by atoms with Crippen molar-refractivity contribution in [3.05, 3.63) is 87.7 Å². The molecule has 0 amide bonds. The number of anilines is 1. The van der Waals surface area contributed by atoms with Gasteiger partial charge >= 0.3 is 0 Å². The van der Waals surface area contributed by atoms with Gasteiger partial charge in [-0.05, 0) is 36.6 Å². The molecular weight excluding hydrogens is 398 g/mol. The van der Waals surface area contributed by atoms with Crippen LogP contribution in [0.25, 0.3) is 16.5 Å². The smallest absolute Gasteiger partial charge is 0.264 e. The summed E-state index contributed by atoms with van der Waals surface area (Å²) in [6.07, 6.45) is 4.06. The van der Waals surface area contributed by atoms with Gasteiger partial charge in [-0.2, -0.15) is 0 Å². The number of halogens is 1. The van der Waals surface area contributed by atoms with Crippen molar-refractivity contribution < 1.29 is 0 Å². The second-order valence-corrected chi connectivity index (χ2v) is 7.56. The van der Waals surface area contributed by atoms with Crippen molar-refractivity contribution >= 4 is 40.1 Å². The molecule has 148 valence electrons. The minimum atomic E-state index is -0.226. The molecule has 6 nitrogen and oxygen atoms in total. The highest BCUT2D eigenvalue weighted by molar-refractivity contribution is 6.35. The summed E-state index contributed by atoms with van der Waals surface area (Å²) in [6, 6.07) is 16.8. The number of hydrogen-bond acceptors (Lipinski definition) is 5. The van der Waals surface area contributed by atoms with Gasteiger partial charge in [-0.1, -0.05) is 41.9 Å². The van der Waals surface area contributed by atoms with Gasteiger partial charge in [0.1, 0.15) is 12.0 Å². The molecule has 0 fully saturated rings. The van der Waals surface area contributed by atoms with E-state index in [2.05, 4.69) is 20.3 Å². The minimum absolute atomic E-state index is 0.154. The molecule has 1 aliphatic heterocycles. The standard InChI is InChI=1S/C23H18ClN5O/c1-14(28-22-21-18(10-11-25-21)26-13-27-22)19-12-15-6-5-9-17(24)20(15)23(30)29(19)16-7-3-2-4-8-16/h2-9,11-14H,10H2,1H3,(H,26,27,28)/t14-/m0/s1. The molecule has 5 rings (SSSR count). The van der Waals surface area contributed by atoms with E-state index in [0.717, 1.165) is 28.1 Å². The van der Waals surface area contributed by atoms with Crippen LogP contribution < -0.4 is 10.9 Å². The van der Waals surface area contributed by atoms with Crippen LogP contribution in [0.2, 0.25) is 5.02 Å². The SMILES string of the molecule is C[C@H](Nc1ncnc2c1N=CC2)c1cc2cccc(Cl)c2c(=O)n1-c1ccccc1. The van der Waals surface area contributed by atoms with E-state index in [1.807, 2.05) is 61.7 Å². The maximum absolute atomic E-state index is 13.5. The van der Waals surface area contributed by atoms with Crippen LogP contribution in [0.15, 0.2) is 70.7 Å². The maximum atomic E-state index is 13.5. The highest BCUT2D eigenvalue weighted by Gasteiger charge is 2.20. The lowest BCUT2D eigenvalue weighted by Crippen LogP contribution is -2.25. The van der Waals surface area contributed by atoms with Crippen molar-refractivity contribution in [1.82, 2.24) is 14.5 Å². The Labute approximate surface area is 177 Å². The minimum Gasteiger partial charge on any atom is -0.360 e.